The van der Waals surface area contributed by atoms with Crippen LogP contribution in [0.1, 0.15) is 13.8 Å². The third-order valence-electron chi connectivity index (χ3n) is 3.36. The minimum Gasteiger partial charge on any atom is -0.497 e. The Morgan fingerprint density at radius 3 is 2.28 bits per heavy atom. The molecule has 0 aliphatic rings. The van der Waals surface area contributed by atoms with Gasteiger partial charge in [-0.2, -0.15) is 0 Å². The maximum atomic E-state index is 12.1. The molecule has 2 aromatic rings. The van der Waals surface area contributed by atoms with Crippen molar-refractivity contribution in [2.45, 2.75) is 20.0 Å². The zero-order chi connectivity index (χ0) is 18.2. The highest BCUT2D eigenvalue weighted by Crippen LogP contribution is 2.28. The van der Waals surface area contributed by atoms with Crippen molar-refractivity contribution in [2.75, 3.05) is 31.4 Å². The molecule has 6 nitrogen and oxygen atoms in total. The van der Waals surface area contributed by atoms with Gasteiger partial charge in [0.25, 0.3) is 0 Å². The third-order valence-corrected chi connectivity index (χ3v) is 3.36. The molecule has 0 aliphatic heterocycles. The van der Waals surface area contributed by atoms with Crippen LogP contribution in [0.4, 0.5) is 11.4 Å². The first-order valence-corrected chi connectivity index (χ1v) is 8.04. The van der Waals surface area contributed by atoms with Gasteiger partial charge in [-0.1, -0.05) is 0 Å². The second kappa shape index (κ2) is 8.82. The number of nitrogens with one attached hydrogen (secondary N) is 2. The number of benzene rings is 2. The van der Waals surface area contributed by atoms with Gasteiger partial charge in [0.2, 0.25) is 5.91 Å². The van der Waals surface area contributed by atoms with Crippen LogP contribution in [0.25, 0.3) is 0 Å². The molecule has 6 heteroatoms. The van der Waals surface area contributed by atoms with E-state index in [9.17, 15) is 4.79 Å². The van der Waals surface area contributed by atoms with Crippen molar-refractivity contribution >= 4 is 17.3 Å². The average molecular weight is 344 g/mol. The summed E-state index contributed by atoms with van der Waals surface area (Å²) in [6.45, 7) is 4.04. The summed E-state index contributed by atoms with van der Waals surface area (Å²) in [5.74, 6) is 1.93. The molecular formula is C19H24N2O4. The normalized spacial score (nSPS) is 10.3. The second-order valence-corrected chi connectivity index (χ2v) is 5.66. The number of methoxy groups -OCH3 is 2. The lowest BCUT2D eigenvalue weighted by atomic mass is 10.2. The highest BCUT2D eigenvalue weighted by molar-refractivity contribution is 5.94. The monoisotopic (exact) mass is 344 g/mol. The van der Waals surface area contributed by atoms with Crippen molar-refractivity contribution in [1.82, 2.24) is 0 Å². The van der Waals surface area contributed by atoms with Crippen molar-refractivity contribution in [3.63, 3.8) is 0 Å². The molecule has 0 heterocycles. The van der Waals surface area contributed by atoms with Crippen LogP contribution < -0.4 is 24.8 Å². The number of hydrogen-bond donors (Lipinski definition) is 2. The van der Waals surface area contributed by atoms with Gasteiger partial charge >= 0.3 is 0 Å². The smallest absolute Gasteiger partial charge is 0.243 e. The molecule has 2 N–H and O–H groups in total. The van der Waals surface area contributed by atoms with Crippen LogP contribution >= 0.6 is 0 Å². The molecular weight excluding hydrogens is 320 g/mol. The van der Waals surface area contributed by atoms with E-state index in [-0.39, 0.29) is 18.6 Å². The summed E-state index contributed by atoms with van der Waals surface area (Å²) < 4.78 is 16.0. The van der Waals surface area contributed by atoms with Gasteiger partial charge in [-0.05, 0) is 50.2 Å². The first kappa shape index (κ1) is 18.4. The van der Waals surface area contributed by atoms with Crippen molar-refractivity contribution in [2.24, 2.45) is 0 Å². The fraction of sp³-hybridized carbons (Fsp3) is 0.316. The Morgan fingerprint density at radius 1 is 1.00 bits per heavy atom. The maximum absolute atomic E-state index is 12.1. The minimum absolute atomic E-state index is 0.105. The zero-order valence-electron chi connectivity index (χ0n) is 15.0. The molecule has 0 spiro atoms. The van der Waals surface area contributed by atoms with E-state index in [0.717, 1.165) is 5.75 Å². The predicted octanol–water partition coefficient (Wildman–Crippen LogP) is 3.54. The number of anilines is 2. The number of rotatable bonds is 8. The summed E-state index contributed by atoms with van der Waals surface area (Å²) in [4.78, 5) is 12.1. The van der Waals surface area contributed by atoms with Gasteiger partial charge in [-0.3, -0.25) is 4.79 Å². The lowest BCUT2D eigenvalue weighted by molar-refractivity contribution is -0.114. The van der Waals surface area contributed by atoms with E-state index < -0.39 is 0 Å². The fourth-order valence-electron chi connectivity index (χ4n) is 2.22. The van der Waals surface area contributed by atoms with E-state index >= 15 is 0 Å². The van der Waals surface area contributed by atoms with Gasteiger partial charge in [0, 0.05) is 11.8 Å². The van der Waals surface area contributed by atoms with Gasteiger partial charge in [0.15, 0.2) is 0 Å². The van der Waals surface area contributed by atoms with Crippen LogP contribution in [0.3, 0.4) is 0 Å². The molecule has 25 heavy (non-hydrogen) atoms. The van der Waals surface area contributed by atoms with Crippen LogP contribution in [-0.2, 0) is 4.79 Å². The van der Waals surface area contributed by atoms with E-state index in [2.05, 4.69) is 10.6 Å². The summed E-state index contributed by atoms with van der Waals surface area (Å²) in [6, 6.07) is 12.6. The number of hydrogen-bond acceptors (Lipinski definition) is 5. The highest BCUT2D eigenvalue weighted by Gasteiger charge is 2.08. The Kier molecular flexibility index (Phi) is 6.51. The number of carbonyl (C=O) groups is 1. The lowest BCUT2D eigenvalue weighted by Gasteiger charge is -2.13. The van der Waals surface area contributed by atoms with Crippen molar-refractivity contribution in [3.8, 4) is 17.2 Å². The quantitative estimate of drug-likeness (QED) is 0.766. The van der Waals surface area contributed by atoms with Crippen LogP contribution in [-0.4, -0.2) is 32.8 Å². The van der Waals surface area contributed by atoms with Gasteiger partial charge in [-0.15, -0.1) is 0 Å². The van der Waals surface area contributed by atoms with Crippen LogP contribution in [0.5, 0.6) is 17.2 Å². The molecule has 2 rings (SSSR count). The predicted molar refractivity (Wildman–Crippen MR) is 98.9 cm³/mol. The Hall–Kier alpha value is -2.89. The second-order valence-electron chi connectivity index (χ2n) is 5.66. The topological polar surface area (TPSA) is 68.8 Å². The molecule has 0 bridgehead atoms. The molecule has 0 aliphatic carbocycles. The molecule has 2 aromatic carbocycles. The zero-order valence-corrected chi connectivity index (χ0v) is 15.0. The first-order chi connectivity index (χ1) is 12.0. The number of ether oxygens (including phenoxy) is 3. The highest BCUT2D eigenvalue weighted by atomic mass is 16.5. The Balaban J connectivity index is 1.92. The molecule has 0 fully saturated rings. The summed E-state index contributed by atoms with van der Waals surface area (Å²) in [7, 11) is 3.17. The van der Waals surface area contributed by atoms with Gasteiger partial charge in [0.05, 0.1) is 32.6 Å². The number of carbonyl (C=O) groups excluding carboxylic acids is 1. The molecule has 0 saturated heterocycles. The Morgan fingerprint density at radius 2 is 1.68 bits per heavy atom. The standard InChI is InChI=1S/C19H24N2O4/c1-13(2)25-15-7-5-14(6-8-15)21-19(22)12-20-17-11-16(23-3)9-10-18(17)24-4/h5-11,13,20H,12H2,1-4H3,(H,21,22). The molecule has 0 aromatic heterocycles. The van der Waals surface area contributed by atoms with Crippen LogP contribution in [0, 0.1) is 0 Å². The van der Waals surface area contributed by atoms with Crippen molar-refractivity contribution < 1.29 is 19.0 Å². The van der Waals surface area contributed by atoms with E-state index in [4.69, 9.17) is 14.2 Å². The summed E-state index contributed by atoms with van der Waals surface area (Å²) >= 11 is 0. The molecule has 0 atom stereocenters. The van der Waals surface area contributed by atoms with Crippen LogP contribution in [0.15, 0.2) is 42.5 Å². The van der Waals surface area contributed by atoms with Crippen molar-refractivity contribution in [3.05, 3.63) is 42.5 Å². The Labute approximate surface area is 148 Å². The minimum atomic E-state index is -0.164. The fourth-order valence-corrected chi connectivity index (χ4v) is 2.22. The average Bonchev–Trinajstić information content (AvgIpc) is 2.61. The summed E-state index contributed by atoms with van der Waals surface area (Å²) in [5, 5.41) is 5.88. The number of amides is 1. The summed E-state index contributed by atoms with van der Waals surface area (Å²) in [6.07, 6.45) is 0.113. The van der Waals surface area contributed by atoms with Gasteiger partial charge in [-0.25, -0.2) is 0 Å². The van der Waals surface area contributed by atoms with E-state index in [1.807, 2.05) is 38.1 Å². The molecule has 134 valence electrons. The van der Waals surface area contributed by atoms with Gasteiger partial charge in [0.1, 0.15) is 17.2 Å². The first-order valence-electron chi connectivity index (χ1n) is 8.04. The van der Waals surface area contributed by atoms with Gasteiger partial charge < -0.3 is 24.8 Å². The molecule has 0 unspecified atom stereocenters. The lowest BCUT2D eigenvalue weighted by Crippen LogP contribution is -2.22. The van der Waals surface area contributed by atoms with Crippen LogP contribution in [0.2, 0.25) is 0 Å². The Bertz CT molecular complexity index is 699. The molecule has 0 radical (unpaired) electrons. The largest absolute Gasteiger partial charge is 0.497 e. The SMILES string of the molecule is COc1ccc(OC)c(NCC(=O)Nc2ccc(OC(C)C)cc2)c1. The van der Waals surface area contributed by atoms with Crippen molar-refractivity contribution in [1.29, 1.82) is 0 Å². The maximum Gasteiger partial charge on any atom is 0.243 e. The van der Waals surface area contributed by atoms with E-state index in [1.54, 1.807) is 32.4 Å². The molecule has 1 amide bonds. The third kappa shape index (κ3) is 5.60. The molecule has 0 saturated carbocycles. The van der Waals surface area contributed by atoms with E-state index in [1.165, 1.54) is 0 Å². The van der Waals surface area contributed by atoms with E-state index in [0.29, 0.717) is 22.9 Å². The summed E-state index contributed by atoms with van der Waals surface area (Å²) in [5.41, 5.74) is 1.40.